The Morgan fingerprint density at radius 1 is 1.31 bits per heavy atom. The number of aryl methyl sites for hydroxylation is 1. The largest absolute Gasteiger partial charge is 0.382 e. The maximum Gasteiger partial charge on any atom is 0.248 e. The topological polar surface area (TPSA) is 115 Å². The quantitative estimate of drug-likeness (QED) is 0.687. The highest BCUT2D eigenvalue weighted by Gasteiger charge is 2.08. The van der Waals surface area contributed by atoms with Crippen LogP contribution in [0.2, 0.25) is 0 Å². The summed E-state index contributed by atoms with van der Waals surface area (Å²) in [5.74, 6) is 0.0340. The molecule has 26 heavy (non-hydrogen) atoms. The van der Waals surface area contributed by atoms with Gasteiger partial charge < -0.3 is 11.1 Å². The number of nitrogens with zero attached hydrogens (tertiary/aromatic N) is 5. The molecule has 130 valence electrons. The van der Waals surface area contributed by atoms with E-state index >= 15 is 0 Å². The van der Waals surface area contributed by atoms with Crippen LogP contribution in [-0.4, -0.2) is 25.5 Å². The number of nitrogens with one attached hydrogen (secondary N) is 1. The molecule has 0 saturated heterocycles. The lowest BCUT2D eigenvalue weighted by molar-refractivity contribution is -0.111. The molecule has 3 aromatic rings. The van der Waals surface area contributed by atoms with Gasteiger partial charge in [0.15, 0.2) is 0 Å². The molecular weight excluding hydrogens is 330 g/mol. The van der Waals surface area contributed by atoms with Crippen LogP contribution >= 0.6 is 0 Å². The van der Waals surface area contributed by atoms with Gasteiger partial charge in [-0.2, -0.15) is 15.5 Å². The molecule has 0 spiro atoms. The molecule has 1 amide bonds. The first-order chi connectivity index (χ1) is 12.6. The molecule has 0 atom stereocenters. The van der Waals surface area contributed by atoms with Gasteiger partial charge in [0.25, 0.3) is 0 Å². The van der Waals surface area contributed by atoms with Gasteiger partial charge in [0.05, 0.1) is 17.6 Å². The minimum absolute atomic E-state index is 0.244. The van der Waals surface area contributed by atoms with Gasteiger partial charge in [-0.05, 0) is 43.3 Å². The van der Waals surface area contributed by atoms with Crippen LogP contribution in [0.15, 0.2) is 48.8 Å². The lowest BCUT2D eigenvalue weighted by Gasteiger charge is -2.06. The van der Waals surface area contributed by atoms with Crippen molar-refractivity contribution >= 4 is 23.5 Å². The Labute approximate surface area is 150 Å². The van der Waals surface area contributed by atoms with Crippen molar-refractivity contribution in [2.45, 2.75) is 13.5 Å². The van der Waals surface area contributed by atoms with E-state index < -0.39 is 0 Å². The van der Waals surface area contributed by atoms with E-state index in [9.17, 15) is 4.79 Å². The van der Waals surface area contributed by atoms with Crippen molar-refractivity contribution in [2.75, 3.05) is 11.1 Å². The van der Waals surface area contributed by atoms with E-state index in [0.29, 0.717) is 16.9 Å². The van der Waals surface area contributed by atoms with Crippen LogP contribution in [0.5, 0.6) is 0 Å². The van der Waals surface area contributed by atoms with Gasteiger partial charge in [-0.1, -0.05) is 0 Å². The number of nitrogens with two attached hydrogens (primary N) is 1. The average molecular weight is 347 g/mol. The molecule has 0 aliphatic rings. The van der Waals surface area contributed by atoms with Crippen LogP contribution in [0.1, 0.15) is 18.2 Å². The number of amides is 1. The first-order valence-corrected chi connectivity index (χ1v) is 7.97. The molecule has 0 unspecified atom stereocenters. The highest BCUT2D eigenvalue weighted by atomic mass is 16.1. The van der Waals surface area contributed by atoms with Crippen LogP contribution in [0, 0.1) is 11.3 Å². The van der Waals surface area contributed by atoms with Crippen molar-refractivity contribution < 1.29 is 4.79 Å². The Hall–Kier alpha value is -3.86. The number of hydrogen-bond donors (Lipinski definition) is 2. The number of carbonyl (C=O) groups excluding carboxylic acids is 1. The molecule has 0 aliphatic carbocycles. The Morgan fingerprint density at radius 2 is 2.08 bits per heavy atom. The average Bonchev–Trinajstić information content (AvgIpc) is 3.26. The van der Waals surface area contributed by atoms with Crippen molar-refractivity contribution in [3.8, 4) is 11.8 Å². The van der Waals surface area contributed by atoms with E-state index in [2.05, 4.69) is 15.5 Å². The minimum atomic E-state index is -0.244. The van der Waals surface area contributed by atoms with Gasteiger partial charge in [0.1, 0.15) is 17.5 Å². The summed E-state index contributed by atoms with van der Waals surface area (Å²) in [6.45, 7) is 2.72. The standard InChI is InChI=1S/C18H17N7O/c1-2-24-15(9-10-21-24)7-8-17(26)23-14-3-5-16(6-4-14)25-18(20)13(11-19)12-22-25/h3-10,12H,2,20H2,1H3,(H,23,26)/b8-7+. The molecular formula is C18H17N7O. The third-order valence-corrected chi connectivity index (χ3v) is 3.76. The summed E-state index contributed by atoms with van der Waals surface area (Å²) in [4.78, 5) is 12.1. The fourth-order valence-electron chi connectivity index (χ4n) is 2.43. The maximum atomic E-state index is 12.1. The second kappa shape index (κ2) is 7.36. The second-order valence-corrected chi connectivity index (χ2v) is 5.41. The summed E-state index contributed by atoms with van der Waals surface area (Å²) < 4.78 is 3.26. The molecule has 0 fully saturated rings. The fraction of sp³-hybridized carbons (Fsp3) is 0.111. The fourth-order valence-corrected chi connectivity index (χ4v) is 2.43. The molecule has 3 N–H and O–H groups in total. The first-order valence-electron chi connectivity index (χ1n) is 7.97. The van der Waals surface area contributed by atoms with Gasteiger partial charge in [-0.15, -0.1) is 0 Å². The highest BCUT2D eigenvalue weighted by molar-refractivity contribution is 6.01. The maximum absolute atomic E-state index is 12.1. The van der Waals surface area contributed by atoms with E-state index in [0.717, 1.165) is 12.2 Å². The van der Waals surface area contributed by atoms with Crippen LogP contribution in [0.3, 0.4) is 0 Å². The van der Waals surface area contributed by atoms with E-state index in [4.69, 9.17) is 11.0 Å². The van der Waals surface area contributed by atoms with Gasteiger partial charge in [0, 0.05) is 24.5 Å². The Balaban J connectivity index is 1.68. The number of carbonyl (C=O) groups is 1. The highest BCUT2D eigenvalue weighted by Crippen LogP contribution is 2.18. The molecule has 8 nitrogen and oxygen atoms in total. The van der Waals surface area contributed by atoms with Gasteiger partial charge in [-0.25, -0.2) is 4.68 Å². The molecule has 0 bridgehead atoms. The summed E-state index contributed by atoms with van der Waals surface area (Å²) in [5, 5.41) is 19.9. The van der Waals surface area contributed by atoms with Gasteiger partial charge in [0.2, 0.25) is 5.91 Å². The van der Waals surface area contributed by atoms with Crippen molar-refractivity contribution in [3.63, 3.8) is 0 Å². The number of anilines is 2. The lowest BCUT2D eigenvalue weighted by atomic mass is 10.2. The SMILES string of the molecule is CCn1nccc1/C=C/C(=O)Nc1ccc(-n2ncc(C#N)c2N)cc1. The zero-order valence-corrected chi connectivity index (χ0v) is 14.1. The zero-order chi connectivity index (χ0) is 18.5. The summed E-state index contributed by atoms with van der Waals surface area (Å²) >= 11 is 0. The number of aromatic nitrogens is 4. The van der Waals surface area contributed by atoms with Crippen molar-refractivity contribution in [1.29, 1.82) is 5.26 Å². The van der Waals surface area contributed by atoms with E-state index in [-0.39, 0.29) is 11.7 Å². The van der Waals surface area contributed by atoms with E-state index in [1.165, 1.54) is 17.0 Å². The van der Waals surface area contributed by atoms with Crippen molar-refractivity contribution in [3.05, 3.63) is 60.1 Å². The summed E-state index contributed by atoms with van der Waals surface area (Å²) in [7, 11) is 0. The number of benzene rings is 1. The summed E-state index contributed by atoms with van der Waals surface area (Å²) in [6, 6.07) is 10.8. The van der Waals surface area contributed by atoms with Gasteiger partial charge >= 0.3 is 0 Å². The van der Waals surface area contributed by atoms with Crippen molar-refractivity contribution in [1.82, 2.24) is 19.6 Å². The Bertz CT molecular complexity index is 989. The van der Waals surface area contributed by atoms with Crippen molar-refractivity contribution in [2.24, 2.45) is 0 Å². The predicted octanol–water partition coefficient (Wildman–Crippen LogP) is 2.19. The number of nitriles is 1. The number of hydrogen-bond acceptors (Lipinski definition) is 5. The van der Waals surface area contributed by atoms with E-state index in [1.54, 1.807) is 41.2 Å². The summed E-state index contributed by atoms with van der Waals surface area (Å²) in [5.41, 5.74) is 8.38. The third-order valence-electron chi connectivity index (χ3n) is 3.76. The molecule has 8 heteroatoms. The minimum Gasteiger partial charge on any atom is -0.382 e. The monoisotopic (exact) mass is 347 g/mol. The summed E-state index contributed by atoms with van der Waals surface area (Å²) in [6.07, 6.45) is 6.28. The second-order valence-electron chi connectivity index (χ2n) is 5.41. The Morgan fingerprint density at radius 3 is 2.73 bits per heavy atom. The lowest BCUT2D eigenvalue weighted by Crippen LogP contribution is -2.08. The van der Waals surface area contributed by atoms with Crippen LogP contribution in [0.25, 0.3) is 11.8 Å². The third kappa shape index (κ3) is 3.47. The van der Waals surface area contributed by atoms with Crippen LogP contribution in [-0.2, 0) is 11.3 Å². The molecule has 0 saturated carbocycles. The van der Waals surface area contributed by atoms with Gasteiger partial charge in [-0.3, -0.25) is 9.48 Å². The molecule has 3 rings (SSSR count). The smallest absolute Gasteiger partial charge is 0.248 e. The van der Waals surface area contributed by atoms with Crippen LogP contribution in [0.4, 0.5) is 11.5 Å². The first kappa shape index (κ1) is 17.0. The zero-order valence-electron chi connectivity index (χ0n) is 14.1. The molecule has 1 aromatic carbocycles. The molecule has 0 radical (unpaired) electrons. The molecule has 2 aromatic heterocycles. The van der Waals surface area contributed by atoms with E-state index in [1.807, 2.05) is 19.1 Å². The molecule has 2 heterocycles. The number of rotatable bonds is 5. The predicted molar refractivity (Wildman–Crippen MR) is 98.3 cm³/mol. The normalized spacial score (nSPS) is 10.8. The Kier molecular flexibility index (Phi) is 4.80. The van der Waals surface area contributed by atoms with Crippen LogP contribution < -0.4 is 11.1 Å². The molecule has 0 aliphatic heterocycles. The number of nitrogen functional groups attached to an aromatic ring is 1.